The number of benzene rings is 2. The summed E-state index contributed by atoms with van der Waals surface area (Å²) in [5.74, 6) is 0.229. The summed E-state index contributed by atoms with van der Waals surface area (Å²) in [5.41, 5.74) is 2.45. The topological polar surface area (TPSA) is 64.0 Å². The summed E-state index contributed by atoms with van der Waals surface area (Å²) >= 11 is 1.28. The summed E-state index contributed by atoms with van der Waals surface area (Å²) < 4.78 is 1.57. The molecule has 3 rings (SSSR count). The molecule has 0 aliphatic carbocycles. The molecule has 0 aliphatic heterocycles. The SMILES string of the molecule is C=CCn1c(S[C@@H](C)C(=O)Nc2ccccc2[C@@H](C)CC)nc2ccccc2c1=O. The van der Waals surface area contributed by atoms with Crippen LogP contribution in [-0.4, -0.2) is 20.7 Å². The highest BCUT2D eigenvalue weighted by atomic mass is 32.2. The van der Waals surface area contributed by atoms with Gasteiger partial charge in [0.25, 0.3) is 5.56 Å². The molecule has 0 bridgehead atoms. The molecule has 0 unspecified atom stereocenters. The molecule has 1 N–H and O–H groups in total. The van der Waals surface area contributed by atoms with Gasteiger partial charge in [-0.05, 0) is 43.0 Å². The van der Waals surface area contributed by atoms with Gasteiger partial charge in [0.1, 0.15) is 0 Å². The van der Waals surface area contributed by atoms with Gasteiger partial charge in [-0.2, -0.15) is 0 Å². The Kier molecular flexibility index (Phi) is 7.11. The van der Waals surface area contributed by atoms with Gasteiger partial charge in [0.15, 0.2) is 5.16 Å². The number of hydrogen-bond acceptors (Lipinski definition) is 4. The summed E-state index contributed by atoms with van der Waals surface area (Å²) in [4.78, 5) is 30.5. The van der Waals surface area contributed by atoms with E-state index in [2.05, 4.69) is 30.7 Å². The van der Waals surface area contributed by atoms with Crippen LogP contribution in [0.25, 0.3) is 10.9 Å². The lowest BCUT2D eigenvalue weighted by Gasteiger charge is -2.18. The van der Waals surface area contributed by atoms with Crippen LogP contribution in [0.1, 0.15) is 38.7 Å². The van der Waals surface area contributed by atoms with E-state index >= 15 is 0 Å². The van der Waals surface area contributed by atoms with E-state index in [-0.39, 0.29) is 11.5 Å². The highest BCUT2D eigenvalue weighted by Gasteiger charge is 2.20. The largest absolute Gasteiger partial charge is 0.325 e. The Bertz CT molecular complexity index is 1120. The number of hydrogen-bond donors (Lipinski definition) is 1. The molecule has 30 heavy (non-hydrogen) atoms. The zero-order valence-corrected chi connectivity index (χ0v) is 18.4. The molecule has 2 atom stereocenters. The number of rotatable bonds is 8. The zero-order chi connectivity index (χ0) is 21.7. The first kappa shape index (κ1) is 21.8. The monoisotopic (exact) mass is 421 g/mol. The Morgan fingerprint density at radius 2 is 1.90 bits per heavy atom. The van der Waals surface area contributed by atoms with Crippen molar-refractivity contribution in [2.24, 2.45) is 0 Å². The molecule has 1 amide bonds. The van der Waals surface area contributed by atoms with Gasteiger partial charge >= 0.3 is 0 Å². The molecule has 0 radical (unpaired) electrons. The van der Waals surface area contributed by atoms with E-state index in [9.17, 15) is 9.59 Å². The first-order chi connectivity index (χ1) is 14.5. The molecule has 0 spiro atoms. The number of fused-ring (bicyclic) bond motifs is 1. The number of carbonyl (C=O) groups is 1. The molecular weight excluding hydrogens is 394 g/mol. The van der Waals surface area contributed by atoms with E-state index in [0.29, 0.717) is 28.5 Å². The summed E-state index contributed by atoms with van der Waals surface area (Å²) in [5, 5.41) is 3.69. The number of allylic oxidation sites excluding steroid dienone is 1. The fourth-order valence-corrected chi connectivity index (χ4v) is 4.15. The highest BCUT2D eigenvalue weighted by molar-refractivity contribution is 8.00. The van der Waals surface area contributed by atoms with Crippen LogP contribution in [0.3, 0.4) is 0 Å². The first-order valence-electron chi connectivity index (χ1n) is 10.1. The molecule has 2 aromatic carbocycles. The standard InChI is InChI=1S/C24H27N3O2S/c1-5-15-27-23(29)19-12-8-10-14-21(19)26-24(27)30-17(4)22(28)25-20-13-9-7-11-18(20)16(3)6-2/h5,7-14,16-17H,1,6,15H2,2-4H3,(H,25,28)/t16-,17-/m0/s1. The Balaban J connectivity index is 1.87. The first-order valence-corrected chi connectivity index (χ1v) is 11.0. The number of nitrogens with zero attached hydrogens (tertiary/aromatic N) is 2. The third-order valence-electron chi connectivity index (χ3n) is 5.15. The average molecular weight is 422 g/mol. The minimum atomic E-state index is -0.431. The summed E-state index contributed by atoms with van der Waals surface area (Å²) in [6, 6.07) is 15.1. The van der Waals surface area contributed by atoms with Crippen molar-refractivity contribution in [2.75, 3.05) is 5.32 Å². The highest BCUT2D eigenvalue weighted by Crippen LogP contribution is 2.28. The number of nitrogens with one attached hydrogen (secondary N) is 1. The lowest BCUT2D eigenvalue weighted by Crippen LogP contribution is -2.27. The summed E-state index contributed by atoms with van der Waals surface area (Å²) in [6.45, 7) is 10.2. The molecular formula is C24H27N3O2S. The van der Waals surface area contributed by atoms with Gasteiger partial charge in [0.05, 0.1) is 16.2 Å². The van der Waals surface area contributed by atoms with Gasteiger partial charge in [0.2, 0.25) is 5.91 Å². The van der Waals surface area contributed by atoms with Crippen molar-refractivity contribution in [2.45, 2.75) is 50.1 Å². The molecule has 0 saturated heterocycles. The predicted molar refractivity (Wildman–Crippen MR) is 125 cm³/mol. The lowest BCUT2D eigenvalue weighted by atomic mass is 9.97. The van der Waals surface area contributed by atoms with E-state index < -0.39 is 5.25 Å². The molecule has 1 heterocycles. The molecule has 1 aromatic heterocycles. The number of thioether (sulfide) groups is 1. The Morgan fingerprint density at radius 3 is 2.63 bits per heavy atom. The molecule has 6 heteroatoms. The van der Waals surface area contributed by atoms with Crippen LogP contribution in [0.4, 0.5) is 5.69 Å². The van der Waals surface area contributed by atoms with Crippen LogP contribution in [0.5, 0.6) is 0 Å². The smallest absolute Gasteiger partial charge is 0.262 e. The number of carbonyl (C=O) groups excluding carboxylic acids is 1. The van der Waals surface area contributed by atoms with E-state index in [0.717, 1.165) is 17.7 Å². The van der Waals surface area contributed by atoms with Crippen molar-refractivity contribution >= 4 is 34.3 Å². The third-order valence-corrected chi connectivity index (χ3v) is 6.24. The van der Waals surface area contributed by atoms with Crippen molar-refractivity contribution in [1.29, 1.82) is 0 Å². The number of para-hydroxylation sites is 2. The Morgan fingerprint density at radius 1 is 1.20 bits per heavy atom. The van der Waals surface area contributed by atoms with E-state index in [1.807, 2.05) is 49.4 Å². The van der Waals surface area contributed by atoms with Crippen molar-refractivity contribution in [1.82, 2.24) is 9.55 Å². The van der Waals surface area contributed by atoms with Crippen LogP contribution in [0.15, 0.2) is 71.1 Å². The van der Waals surface area contributed by atoms with Crippen molar-refractivity contribution in [3.05, 3.63) is 77.1 Å². The van der Waals surface area contributed by atoms with Gasteiger partial charge in [-0.15, -0.1) is 6.58 Å². The van der Waals surface area contributed by atoms with Gasteiger partial charge < -0.3 is 5.32 Å². The van der Waals surface area contributed by atoms with Gasteiger partial charge in [0, 0.05) is 12.2 Å². The van der Waals surface area contributed by atoms with Crippen molar-refractivity contribution < 1.29 is 4.79 Å². The minimum Gasteiger partial charge on any atom is -0.325 e. The van der Waals surface area contributed by atoms with Crippen LogP contribution in [0, 0.1) is 0 Å². The minimum absolute atomic E-state index is 0.122. The van der Waals surface area contributed by atoms with Gasteiger partial charge in [-0.1, -0.05) is 62.0 Å². The second kappa shape index (κ2) is 9.76. The summed E-state index contributed by atoms with van der Waals surface area (Å²) in [6.07, 6.45) is 2.65. The number of anilines is 1. The van der Waals surface area contributed by atoms with E-state index in [1.54, 1.807) is 16.7 Å². The quantitative estimate of drug-likeness (QED) is 0.308. The number of amides is 1. The summed E-state index contributed by atoms with van der Waals surface area (Å²) in [7, 11) is 0. The van der Waals surface area contributed by atoms with E-state index in [4.69, 9.17) is 0 Å². The molecule has 156 valence electrons. The fourth-order valence-electron chi connectivity index (χ4n) is 3.23. The Labute approximate surface area is 181 Å². The lowest BCUT2D eigenvalue weighted by molar-refractivity contribution is -0.115. The third kappa shape index (κ3) is 4.65. The zero-order valence-electron chi connectivity index (χ0n) is 17.6. The van der Waals surface area contributed by atoms with Gasteiger partial charge in [-0.3, -0.25) is 14.2 Å². The molecule has 0 saturated carbocycles. The Hall–Kier alpha value is -2.86. The molecule has 5 nitrogen and oxygen atoms in total. The average Bonchev–Trinajstić information content (AvgIpc) is 2.76. The predicted octanol–water partition coefficient (Wildman–Crippen LogP) is 5.22. The van der Waals surface area contributed by atoms with Crippen LogP contribution < -0.4 is 10.9 Å². The van der Waals surface area contributed by atoms with Crippen LogP contribution in [0.2, 0.25) is 0 Å². The van der Waals surface area contributed by atoms with Crippen molar-refractivity contribution in [3.63, 3.8) is 0 Å². The molecule has 0 fully saturated rings. The van der Waals surface area contributed by atoms with E-state index in [1.165, 1.54) is 11.8 Å². The normalized spacial score (nSPS) is 13.0. The van der Waals surface area contributed by atoms with Gasteiger partial charge in [-0.25, -0.2) is 4.98 Å². The fraction of sp³-hybridized carbons (Fsp3) is 0.292. The molecule has 0 aliphatic rings. The maximum Gasteiger partial charge on any atom is 0.262 e. The van der Waals surface area contributed by atoms with Crippen LogP contribution in [-0.2, 0) is 11.3 Å². The second-order valence-corrected chi connectivity index (χ2v) is 8.57. The maximum atomic E-state index is 12.9. The van der Waals surface area contributed by atoms with Crippen molar-refractivity contribution in [3.8, 4) is 0 Å². The van der Waals surface area contributed by atoms with Crippen LogP contribution >= 0.6 is 11.8 Å². The maximum absolute atomic E-state index is 12.9. The second-order valence-electron chi connectivity index (χ2n) is 7.26. The molecule has 3 aromatic rings. The number of aromatic nitrogens is 2.